The van der Waals surface area contributed by atoms with Crippen LogP contribution in [-0.2, 0) is 4.79 Å². The number of hydrogen-bond acceptors (Lipinski definition) is 1. The molecule has 0 spiro atoms. The van der Waals surface area contributed by atoms with Gasteiger partial charge in [0.25, 0.3) is 0 Å². The lowest BCUT2D eigenvalue weighted by Crippen LogP contribution is -1.94. The molecule has 1 atom stereocenters. The van der Waals surface area contributed by atoms with E-state index in [2.05, 4.69) is 6.07 Å². The van der Waals surface area contributed by atoms with E-state index in [1.54, 1.807) is 0 Å². The van der Waals surface area contributed by atoms with Crippen molar-refractivity contribution in [3.05, 3.63) is 34.3 Å². The van der Waals surface area contributed by atoms with Crippen molar-refractivity contribution in [2.24, 2.45) is 0 Å². The minimum atomic E-state index is 0.381. The van der Waals surface area contributed by atoms with Gasteiger partial charge in [0.15, 0.2) is 0 Å². The monoisotopic (exact) mass is 208 g/mol. The molecule has 1 unspecified atom stereocenters. The zero-order valence-electron chi connectivity index (χ0n) is 8.22. The number of hydrogen-bond donors (Lipinski definition) is 0. The molecule has 2 heteroatoms. The first-order chi connectivity index (χ1) is 6.66. The van der Waals surface area contributed by atoms with Gasteiger partial charge in [-0.05, 0) is 36.5 Å². The molecule has 1 saturated carbocycles. The number of rotatable bonds is 1. The lowest BCUT2D eigenvalue weighted by molar-refractivity contribution is -0.117. The smallest absolute Gasteiger partial charge is 0.133 e. The maximum Gasteiger partial charge on any atom is 0.133 e. The molecule has 1 aromatic carbocycles. The summed E-state index contributed by atoms with van der Waals surface area (Å²) in [6, 6.07) is 6.12. The zero-order valence-corrected chi connectivity index (χ0v) is 8.97. The summed E-state index contributed by atoms with van der Waals surface area (Å²) in [7, 11) is 0. The molecule has 0 radical (unpaired) electrons. The second kappa shape index (κ2) is 3.74. The van der Waals surface area contributed by atoms with Crippen LogP contribution in [0.15, 0.2) is 18.2 Å². The van der Waals surface area contributed by atoms with Crippen molar-refractivity contribution in [2.45, 2.75) is 32.1 Å². The van der Waals surface area contributed by atoms with Gasteiger partial charge < -0.3 is 0 Å². The van der Waals surface area contributed by atoms with E-state index in [1.165, 1.54) is 5.56 Å². The quantitative estimate of drug-likeness (QED) is 0.691. The lowest BCUT2D eigenvalue weighted by Gasteiger charge is -2.09. The Kier molecular flexibility index (Phi) is 2.60. The Bertz CT molecular complexity index is 371. The van der Waals surface area contributed by atoms with Crippen LogP contribution >= 0.6 is 11.6 Å². The standard InChI is InChI=1S/C12H13ClO/c1-8-2-3-10(7-12(8)13)9-4-5-11(14)6-9/h2-3,7,9H,4-6H2,1H3. The highest BCUT2D eigenvalue weighted by Gasteiger charge is 2.23. The van der Waals surface area contributed by atoms with Crippen LogP contribution in [0.5, 0.6) is 0 Å². The Balaban J connectivity index is 2.24. The summed E-state index contributed by atoms with van der Waals surface area (Å²) in [6.45, 7) is 1.99. The predicted molar refractivity (Wildman–Crippen MR) is 57.8 cm³/mol. The molecule has 2 rings (SSSR count). The molecule has 0 heterocycles. The van der Waals surface area contributed by atoms with E-state index in [4.69, 9.17) is 11.6 Å². The van der Waals surface area contributed by atoms with Crippen molar-refractivity contribution < 1.29 is 4.79 Å². The number of benzene rings is 1. The highest BCUT2D eigenvalue weighted by Crippen LogP contribution is 2.33. The van der Waals surface area contributed by atoms with E-state index in [0.717, 1.165) is 23.4 Å². The lowest BCUT2D eigenvalue weighted by atomic mass is 9.97. The Morgan fingerprint density at radius 3 is 2.79 bits per heavy atom. The van der Waals surface area contributed by atoms with Crippen LogP contribution in [0.4, 0.5) is 0 Å². The number of halogens is 1. The first-order valence-electron chi connectivity index (χ1n) is 4.94. The minimum Gasteiger partial charge on any atom is -0.300 e. The van der Waals surface area contributed by atoms with Crippen LogP contribution in [0.2, 0.25) is 5.02 Å². The summed E-state index contributed by atoms with van der Waals surface area (Å²) in [4.78, 5) is 11.1. The third kappa shape index (κ3) is 1.83. The van der Waals surface area contributed by atoms with E-state index in [1.807, 2.05) is 19.1 Å². The third-order valence-corrected chi connectivity index (χ3v) is 3.32. The van der Waals surface area contributed by atoms with Crippen LogP contribution < -0.4 is 0 Å². The van der Waals surface area contributed by atoms with Gasteiger partial charge in [-0.15, -0.1) is 0 Å². The van der Waals surface area contributed by atoms with E-state index < -0.39 is 0 Å². The summed E-state index contributed by atoms with van der Waals surface area (Å²) in [6.07, 6.45) is 2.41. The molecule has 0 aliphatic heterocycles. The summed E-state index contributed by atoms with van der Waals surface area (Å²) >= 11 is 6.04. The largest absolute Gasteiger partial charge is 0.300 e. The van der Waals surface area contributed by atoms with Crippen molar-refractivity contribution in [2.75, 3.05) is 0 Å². The summed E-state index contributed by atoms with van der Waals surface area (Å²) in [5.74, 6) is 0.785. The number of carbonyl (C=O) groups is 1. The number of carbonyl (C=O) groups excluding carboxylic acids is 1. The highest BCUT2D eigenvalue weighted by atomic mass is 35.5. The molecular formula is C12H13ClO. The molecule has 0 aromatic heterocycles. The predicted octanol–water partition coefficient (Wildman–Crippen LogP) is 3.49. The second-order valence-electron chi connectivity index (χ2n) is 3.99. The maximum absolute atomic E-state index is 11.1. The summed E-state index contributed by atoms with van der Waals surface area (Å²) in [5, 5.41) is 0.807. The van der Waals surface area contributed by atoms with Gasteiger partial charge in [0.1, 0.15) is 5.78 Å². The van der Waals surface area contributed by atoms with Gasteiger partial charge in [0.2, 0.25) is 0 Å². The number of aryl methyl sites for hydroxylation is 1. The molecule has 0 saturated heterocycles. The third-order valence-electron chi connectivity index (χ3n) is 2.91. The van der Waals surface area contributed by atoms with Gasteiger partial charge in [-0.25, -0.2) is 0 Å². The Morgan fingerprint density at radius 2 is 2.21 bits per heavy atom. The molecule has 1 aromatic rings. The molecule has 74 valence electrons. The van der Waals surface area contributed by atoms with Gasteiger partial charge in [0.05, 0.1) is 0 Å². The topological polar surface area (TPSA) is 17.1 Å². The molecule has 1 aliphatic carbocycles. The minimum absolute atomic E-state index is 0.381. The Labute approximate surface area is 89.1 Å². The molecule has 1 nitrogen and oxygen atoms in total. The molecule has 0 bridgehead atoms. The molecular weight excluding hydrogens is 196 g/mol. The van der Waals surface area contributed by atoms with Crippen molar-refractivity contribution in [3.63, 3.8) is 0 Å². The van der Waals surface area contributed by atoms with Gasteiger partial charge in [-0.1, -0.05) is 23.7 Å². The van der Waals surface area contributed by atoms with Crippen LogP contribution in [-0.4, -0.2) is 5.78 Å². The van der Waals surface area contributed by atoms with Crippen molar-refractivity contribution in [1.82, 2.24) is 0 Å². The van der Waals surface area contributed by atoms with Crippen LogP contribution in [0.25, 0.3) is 0 Å². The number of ketones is 1. The van der Waals surface area contributed by atoms with E-state index in [9.17, 15) is 4.79 Å². The van der Waals surface area contributed by atoms with Crippen LogP contribution in [0, 0.1) is 6.92 Å². The first kappa shape index (κ1) is 9.72. The fourth-order valence-corrected chi connectivity index (χ4v) is 2.15. The van der Waals surface area contributed by atoms with Gasteiger partial charge in [-0.2, -0.15) is 0 Å². The van der Waals surface area contributed by atoms with Crippen LogP contribution in [0.3, 0.4) is 0 Å². The van der Waals surface area contributed by atoms with E-state index >= 15 is 0 Å². The molecule has 0 N–H and O–H groups in total. The molecule has 14 heavy (non-hydrogen) atoms. The molecule has 1 fully saturated rings. The van der Waals surface area contributed by atoms with Crippen molar-refractivity contribution in [3.8, 4) is 0 Å². The second-order valence-corrected chi connectivity index (χ2v) is 4.39. The average Bonchev–Trinajstić information content (AvgIpc) is 2.57. The van der Waals surface area contributed by atoms with Gasteiger partial charge in [-0.3, -0.25) is 4.79 Å². The van der Waals surface area contributed by atoms with Gasteiger partial charge in [0, 0.05) is 17.9 Å². The Morgan fingerprint density at radius 1 is 1.43 bits per heavy atom. The highest BCUT2D eigenvalue weighted by molar-refractivity contribution is 6.31. The molecule has 0 amide bonds. The fraction of sp³-hybridized carbons (Fsp3) is 0.417. The van der Waals surface area contributed by atoms with Crippen molar-refractivity contribution in [1.29, 1.82) is 0 Å². The zero-order chi connectivity index (χ0) is 10.1. The first-order valence-corrected chi connectivity index (χ1v) is 5.32. The summed E-state index contributed by atoms with van der Waals surface area (Å²) in [5.41, 5.74) is 2.31. The Hall–Kier alpha value is -0.820. The SMILES string of the molecule is Cc1ccc(C2CCC(=O)C2)cc1Cl. The van der Waals surface area contributed by atoms with E-state index in [-0.39, 0.29) is 0 Å². The van der Waals surface area contributed by atoms with E-state index in [0.29, 0.717) is 18.1 Å². The molecule has 1 aliphatic rings. The van der Waals surface area contributed by atoms with Gasteiger partial charge >= 0.3 is 0 Å². The number of Topliss-reactive ketones (excluding diaryl/α,β-unsaturated/α-hetero) is 1. The maximum atomic E-state index is 11.1. The fourth-order valence-electron chi connectivity index (χ4n) is 1.96. The average molecular weight is 209 g/mol. The van der Waals surface area contributed by atoms with Crippen LogP contribution in [0.1, 0.15) is 36.3 Å². The normalized spacial score (nSPS) is 21.6. The van der Waals surface area contributed by atoms with Crippen molar-refractivity contribution >= 4 is 17.4 Å². The summed E-state index contributed by atoms with van der Waals surface area (Å²) < 4.78 is 0.